The van der Waals surface area contributed by atoms with Crippen molar-refractivity contribution in [3.63, 3.8) is 0 Å². The van der Waals surface area contributed by atoms with Crippen LogP contribution in [0.15, 0.2) is 22.7 Å². The number of ether oxygens (including phenoxy) is 2. The molecule has 1 aromatic carbocycles. The first-order chi connectivity index (χ1) is 8.28. The van der Waals surface area contributed by atoms with Gasteiger partial charge in [-0.3, -0.25) is 4.74 Å². The van der Waals surface area contributed by atoms with Crippen molar-refractivity contribution in [1.82, 2.24) is 0 Å². The molecular formula is C10H9BrF3NO3. The minimum Gasteiger partial charge on any atom is -0.460 e. The fourth-order valence-electron chi connectivity index (χ4n) is 1.11. The van der Waals surface area contributed by atoms with Crippen molar-refractivity contribution < 1.29 is 27.4 Å². The average molecular weight is 328 g/mol. The topological polar surface area (TPSA) is 61.6 Å². The molecule has 0 saturated heterocycles. The molecule has 0 saturated carbocycles. The van der Waals surface area contributed by atoms with Gasteiger partial charge in [0.05, 0.1) is 12.2 Å². The summed E-state index contributed by atoms with van der Waals surface area (Å²) < 4.78 is 43.5. The minimum absolute atomic E-state index is 0.147. The zero-order valence-corrected chi connectivity index (χ0v) is 10.5. The predicted octanol–water partition coefficient (Wildman–Crippen LogP) is 2.72. The van der Waals surface area contributed by atoms with E-state index in [0.717, 1.165) is 0 Å². The van der Waals surface area contributed by atoms with E-state index in [2.05, 4.69) is 25.4 Å². The maximum Gasteiger partial charge on any atom is 0.522 e. The molecule has 0 heterocycles. The van der Waals surface area contributed by atoms with Crippen molar-refractivity contribution in [3.05, 3.63) is 28.2 Å². The number of anilines is 1. The normalized spacial score (nSPS) is 11.3. The highest BCUT2D eigenvalue weighted by atomic mass is 79.9. The first-order valence-electron chi connectivity index (χ1n) is 4.72. The molecule has 0 bridgehead atoms. The molecular weight excluding hydrogens is 319 g/mol. The van der Waals surface area contributed by atoms with Crippen LogP contribution in [0.4, 0.5) is 18.9 Å². The summed E-state index contributed by atoms with van der Waals surface area (Å²) in [6.45, 7) is -1.25. The number of esters is 1. The lowest BCUT2D eigenvalue weighted by molar-refractivity contribution is -0.326. The maximum absolute atomic E-state index is 11.6. The number of carbonyl (C=O) groups excluding carboxylic acids is 1. The van der Waals surface area contributed by atoms with Crippen LogP contribution in [-0.2, 0) is 9.47 Å². The van der Waals surface area contributed by atoms with Crippen molar-refractivity contribution in [3.8, 4) is 0 Å². The highest BCUT2D eigenvalue weighted by molar-refractivity contribution is 9.10. The zero-order chi connectivity index (χ0) is 13.8. The number of nitrogens with two attached hydrogens (primary N) is 1. The van der Waals surface area contributed by atoms with Crippen LogP contribution in [0.25, 0.3) is 0 Å². The third-order valence-corrected chi connectivity index (χ3v) is 2.20. The van der Waals surface area contributed by atoms with Crippen LogP contribution in [0.5, 0.6) is 0 Å². The van der Waals surface area contributed by atoms with Gasteiger partial charge in [0, 0.05) is 10.2 Å². The molecule has 0 aliphatic carbocycles. The Labute approximate surface area is 109 Å². The average Bonchev–Trinajstić information content (AvgIpc) is 2.21. The maximum atomic E-state index is 11.6. The van der Waals surface area contributed by atoms with Gasteiger partial charge in [-0.25, -0.2) is 4.79 Å². The number of nitrogen functional groups attached to an aromatic ring is 1. The Kier molecular flexibility index (Phi) is 4.97. The summed E-state index contributed by atoms with van der Waals surface area (Å²) in [7, 11) is 0. The summed E-state index contributed by atoms with van der Waals surface area (Å²) in [6.07, 6.45) is -4.73. The molecule has 0 aliphatic heterocycles. The Balaban J connectivity index is 2.46. The summed E-state index contributed by atoms with van der Waals surface area (Å²) in [5.74, 6) is -0.770. The second kappa shape index (κ2) is 6.05. The SMILES string of the molecule is Nc1cc(Br)cc(C(=O)OCCOC(F)(F)F)c1. The minimum atomic E-state index is -4.73. The first-order valence-corrected chi connectivity index (χ1v) is 5.51. The molecule has 0 fully saturated rings. The molecule has 0 atom stereocenters. The van der Waals surface area contributed by atoms with Crippen LogP contribution in [0.1, 0.15) is 10.4 Å². The molecule has 8 heteroatoms. The Morgan fingerprint density at radius 3 is 2.50 bits per heavy atom. The van der Waals surface area contributed by atoms with Gasteiger partial charge in [-0.1, -0.05) is 15.9 Å². The molecule has 18 heavy (non-hydrogen) atoms. The molecule has 0 radical (unpaired) electrons. The molecule has 1 aromatic rings. The second-order valence-corrected chi connectivity index (χ2v) is 4.12. The van der Waals surface area contributed by atoms with Crippen molar-refractivity contribution in [2.75, 3.05) is 18.9 Å². The van der Waals surface area contributed by atoms with Gasteiger partial charge in [0.15, 0.2) is 0 Å². The Morgan fingerprint density at radius 2 is 1.94 bits per heavy atom. The van der Waals surface area contributed by atoms with Crippen LogP contribution < -0.4 is 5.73 Å². The van der Waals surface area contributed by atoms with Crippen LogP contribution in [-0.4, -0.2) is 25.5 Å². The van der Waals surface area contributed by atoms with Crippen molar-refractivity contribution in [2.24, 2.45) is 0 Å². The monoisotopic (exact) mass is 327 g/mol. The van der Waals surface area contributed by atoms with Crippen LogP contribution in [0, 0.1) is 0 Å². The standard InChI is InChI=1S/C10H9BrF3NO3/c11-7-3-6(4-8(15)5-7)9(16)17-1-2-18-10(12,13)14/h3-5H,1-2,15H2. The molecule has 1 rings (SSSR count). The molecule has 100 valence electrons. The van der Waals surface area contributed by atoms with Gasteiger partial charge in [0.1, 0.15) is 6.61 Å². The Hall–Kier alpha value is -1.28. The lowest BCUT2D eigenvalue weighted by Gasteiger charge is -2.08. The van der Waals surface area contributed by atoms with Gasteiger partial charge in [0.2, 0.25) is 0 Å². The number of carbonyl (C=O) groups is 1. The van der Waals surface area contributed by atoms with Gasteiger partial charge >= 0.3 is 12.3 Å². The summed E-state index contributed by atoms with van der Waals surface area (Å²) in [5.41, 5.74) is 5.98. The smallest absolute Gasteiger partial charge is 0.460 e. The Bertz CT molecular complexity index is 417. The second-order valence-electron chi connectivity index (χ2n) is 3.20. The molecule has 2 N–H and O–H groups in total. The van der Waals surface area contributed by atoms with Gasteiger partial charge in [-0.05, 0) is 18.2 Å². The van der Waals surface area contributed by atoms with E-state index < -0.39 is 25.5 Å². The molecule has 0 aromatic heterocycles. The number of halogens is 4. The molecule has 4 nitrogen and oxygen atoms in total. The van der Waals surface area contributed by atoms with E-state index in [4.69, 9.17) is 5.73 Å². The number of rotatable bonds is 4. The van der Waals surface area contributed by atoms with E-state index in [1.54, 1.807) is 6.07 Å². The van der Waals surface area contributed by atoms with Crippen molar-refractivity contribution in [2.45, 2.75) is 6.36 Å². The molecule has 0 unspecified atom stereocenters. The van der Waals surface area contributed by atoms with Crippen molar-refractivity contribution in [1.29, 1.82) is 0 Å². The van der Waals surface area contributed by atoms with Gasteiger partial charge in [-0.2, -0.15) is 0 Å². The third-order valence-electron chi connectivity index (χ3n) is 1.74. The first kappa shape index (κ1) is 14.8. The highest BCUT2D eigenvalue weighted by Crippen LogP contribution is 2.18. The van der Waals surface area contributed by atoms with Gasteiger partial charge in [0.25, 0.3) is 0 Å². The number of benzene rings is 1. The van der Waals surface area contributed by atoms with E-state index >= 15 is 0 Å². The predicted molar refractivity (Wildman–Crippen MR) is 60.8 cm³/mol. The van der Waals surface area contributed by atoms with Gasteiger partial charge in [-0.15, -0.1) is 13.2 Å². The molecule has 0 spiro atoms. The van der Waals surface area contributed by atoms with E-state index in [-0.39, 0.29) is 5.56 Å². The van der Waals surface area contributed by atoms with Crippen LogP contribution in [0.3, 0.4) is 0 Å². The fourth-order valence-corrected chi connectivity index (χ4v) is 1.62. The van der Waals surface area contributed by atoms with E-state index in [1.807, 2.05) is 0 Å². The number of alkyl halides is 3. The van der Waals surface area contributed by atoms with E-state index in [9.17, 15) is 18.0 Å². The third kappa shape index (κ3) is 5.37. The fraction of sp³-hybridized carbons (Fsp3) is 0.300. The quantitative estimate of drug-likeness (QED) is 0.524. The number of hydrogen-bond donors (Lipinski definition) is 1. The lowest BCUT2D eigenvalue weighted by Crippen LogP contribution is -2.18. The van der Waals surface area contributed by atoms with Crippen LogP contribution >= 0.6 is 15.9 Å². The summed E-state index contributed by atoms with van der Waals surface area (Å²) in [4.78, 5) is 11.4. The highest BCUT2D eigenvalue weighted by Gasteiger charge is 2.28. The van der Waals surface area contributed by atoms with E-state index in [1.165, 1.54) is 12.1 Å². The van der Waals surface area contributed by atoms with Crippen molar-refractivity contribution >= 4 is 27.6 Å². The molecule has 0 amide bonds. The number of hydrogen-bond acceptors (Lipinski definition) is 4. The Morgan fingerprint density at radius 1 is 1.28 bits per heavy atom. The summed E-state index contributed by atoms with van der Waals surface area (Å²) in [6, 6.07) is 4.38. The zero-order valence-electron chi connectivity index (χ0n) is 8.96. The van der Waals surface area contributed by atoms with Gasteiger partial charge < -0.3 is 10.5 Å². The summed E-state index contributed by atoms with van der Waals surface area (Å²) in [5, 5.41) is 0. The largest absolute Gasteiger partial charge is 0.522 e. The summed E-state index contributed by atoms with van der Waals surface area (Å²) >= 11 is 3.13. The molecule has 0 aliphatic rings. The van der Waals surface area contributed by atoms with Crippen LogP contribution in [0.2, 0.25) is 0 Å². The van der Waals surface area contributed by atoms with E-state index in [0.29, 0.717) is 10.2 Å². The lowest BCUT2D eigenvalue weighted by atomic mass is 10.2.